The van der Waals surface area contributed by atoms with Crippen LogP contribution in [0.3, 0.4) is 0 Å². The molecule has 2 bridgehead atoms. The minimum atomic E-state index is -0.256. The van der Waals surface area contributed by atoms with Gasteiger partial charge in [-0.2, -0.15) is 0 Å². The summed E-state index contributed by atoms with van der Waals surface area (Å²) in [7, 11) is 0. The number of halogens is 1. The second kappa shape index (κ2) is 7.69. The van der Waals surface area contributed by atoms with Crippen molar-refractivity contribution in [2.75, 3.05) is 23.3 Å². The molecule has 1 aliphatic heterocycles. The van der Waals surface area contributed by atoms with Crippen LogP contribution in [0.2, 0.25) is 0 Å². The molecule has 0 radical (unpaired) electrons. The number of nitrogens with one attached hydrogen (secondary N) is 1. The van der Waals surface area contributed by atoms with Gasteiger partial charge in [0.2, 0.25) is 0 Å². The lowest BCUT2D eigenvalue weighted by atomic mass is 9.59. The Balaban J connectivity index is 1.54. The molecule has 5 nitrogen and oxygen atoms in total. The standard InChI is InChI=1S/C23H37FN4O/c1-13-6-18-10-23(25,8-13)9-14(2)21(18)27-20-7-19(24)22(26-17(20)5)28-11-15(3)29-16(4)12-28/h7,13-16,18,21,27H,6,8-12,25H2,1-5H3. The van der Waals surface area contributed by atoms with Crippen molar-refractivity contribution in [3.8, 4) is 0 Å². The van der Waals surface area contributed by atoms with E-state index in [1.807, 2.05) is 25.7 Å². The molecule has 2 aliphatic carbocycles. The number of pyridine rings is 1. The predicted octanol–water partition coefficient (Wildman–Crippen LogP) is 4.10. The maximum Gasteiger partial charge on any atom is 0.167 e. The molecule has 3 aliphatic rings. The second-order valence-corrected chi connectivity index (χ2v) is 10.3. The maximum atomic E-state index is 15.1. The van der Waals surface area contributed by atoms with E-state index in [2.05, 4.69) is 24.1 Å². The van der Waals surface area contributed by atoms with E-state index in [0.717, 1.165) is 30.6 Å². The van der Waals surface area contributed by atoms with Crippen LogP contribution in [0.25, 0.3) is 0 Å². The quantitative estimate of drug-likeness (QED) is 0.794. The van der Waals surface area contributed by atoms with Crippen molar-refractivity contribution in [3.05, 3.63) is 17.6 Å². The van der Waals surface area contributed by atoms with Crippen molar-refractivity contribution in [2.45, 2.75) is 84.1 Å². The van der Waals surface area contributed by atoms with Gasteiger partial charge in [-0.25, -0.2) is 9.37 Å². The van der Waals surface area contributed by atoms with Crippen LogP contribution in [-0.4, -0.2) is 41.9 Å². The predicted molar refractivity (Wildman–Crippen MR) is 116 cm³/mol. The van der Waals surface area contributed by atoms with Gasteiger partial charge in [0.1, 0.15) is 0 Å². The first kappa shape index (κ1) is 20.9. The van der Waals surface area contributed by atoms with Crippen molar-refractivity contribution in [2.24, 2.45) is 23.5 Å². The third-order valence-corrected chi connectivity index (χ3v) is 7.17. The summed E-state index contributed by atoms with van der Waals surface area (Å²) in [5.41, 5.74) is 8.35. The highest BCUT2D eigenvalue weighted by Crippen LogP contribution is 2.47. The largest absolute Gasteiger partial charge is 0.380 e. The minimum absolute atomic E-state index is 0.0218. The summed E-state index contributed by atoms with van der Waals surface area (Å²) in [6.45, 7) is 11.9. The lowest BCUT2D eigenvalue weighted by Crippen LogP contribution is -2.57. The number of ether oxygens (including phenoxy) is 1. The van der Waals surface area contributed by atoms with Crippen LogP contribution in [0.5, 0.6) is 0 Å². The van der Waals surface area contributed by atoms with Gasteiger partial charge >= 0.3 is 0 Å². The van der Waals surface area contributed by atoms with Gasteiger partial charge in [-0.3, -0.25) is 0 Å². The molecule has 2 heterocycles. The number of hydrogen-bond acceptors (Lipinski definition) is 5. The SMILES string of the molecule is Cc1nc(N2CC(C)OC(C)C2)c(F)cc1NC1C(C)CC2(N)CC(C)CC1C2. The molecular formula is C23H37FN4O. The van der Waals surface area contributed by atoms with E-state index in [1.54, 1.807) is 6.07 Å². The van der Waals surface area contributed by atoms with Crippen LogP contribution in [0.4, 0.5) is 15.9 Å². The lowest BCUT2D eigenvalue weighted by Gasteiger charge is -2.52. The number of fused-ring (bicyclic) bond motifs is 2. The molecule has 7 atom stereocenters. The minimum Gasteiger partial charge on any atom is -0.380 e. The molecule has 7 unspecified atom stereocenters. The van der Waals surface area contributed by atoms with Gasteiger partial charge in [0.05, 0.1) is 23.6 Å². The average Bonchev–Trinajstić information content (AvgIpc) is 2.58. The third-order valence-electron chi connectivity index (χ3n) is 7.17. The Morgan fingerprint density at radius 2 is 1.86 bits per heavy atom. The van der Waals surface area contributed by atoms with Gasteiger partial charge < -0.3 is 20.7 Å². The normalized spacial score (nSPS) is 40.0. The van der Waals surface area contributed by atoms with E-state index in [0.29, 0.717) is 42.7 Å². The number of nitrogens with zero attached hydrogens (tertiary/aromatic N) is 2. The van der Waals surface area contributed by atoms with Crippen LogP contribution >= 0.6 is 0 Å². The first-order chi connectivity index (χ1) is 13.6. The molecule has 162 valence electrons. The zero-order valence-corrected chi connectivity index (χ0v) is 18.5. The summed E-state index contributed by atoms with van der Waals surface area (Å²) in [5, 5.41) is 3.68. The number of morpholine rings is 1. The van der Waals surface area contributed by atoms with Gasteiger partial charge in [-0.05, 0) is 64.2 Å². The molecule has 0 amide bonds. The monoisotopic (exact) mass is 404 g/mol. The van der Waals surface area contributed by atoms with E-state index < -0.39 is 0 Å². The van der Waals surface area contributed by atoms with Gasteiger partial charge in [-0.1, -0.05) is 13.8 Å². The highest BCUT2D eigenvalue weighted by Gasteiger charge is 2.46. The Labute approximate surface area is 174 Å². The number of anilines is 2. The summed E-state index contributed by atoms with van der Waals surface area (Å²) in [6.07, 6.45) is 4.56. The van der Waals surface area contributed by atoms with Crippen LogP contribution in [0.1, 0.15) is 59.1 Å². The van der Waals surface area contributed by atoms with Crippen LogP contribution in [0, 0.1) is 30.5 Å². The first-order valence-electron chi connectivity index (χ1n) is 11.3. The zero-order valence-electron chi connectivity index (χ0n) is 18.5. The summed E-state index contributed by atoms with van der Waals surface area (Å²) in [5.74, 6) is 1.84. The fraction of sp³-hybridized carbons (Fsp3) is 0.783. The van der Waals surface area contributed by atoms with Gasteiger partial charge in [0.25, 0.3) is 0 Å². The number of rotatable bonds is 3. The summed E-state index contributed by atoms with van der Waals surface area (Å²) in [4.78, 5) is 6.69. The van der Waals surface area contributed by atoms with E-state index in [9.17, 15) is 0 Å². The maximum absolute atomic E-state index is 15.1. The van der Waals surface area contributed by atoms with E-state index in [-0.39, 0.29) is 23.6 Å². The van der Waals surface area contributed by atoms with Crippen LogP contribution < -0.4 is 16.0 Å². The molecule has 29 heavy (non-hydrogen) atoms. The van der Waals surface area contributed by atoms with Crippen molar-refractivity contribution in [1.82, 2.24) is 4.98 Å². The van der Waals surface area contributed by atoms with E-state index >= 15 is 4.39 Å². The van der Waals surface area contributed by atoms with Crippen molar-refractivity contribution >= 4 is 11.5 Å². The number of aromatic nitrogens is 1. The van der Waals surface area contributed by atoms with Crippen LogP contribution in [-0.2, 0) is 4.74 Å². The van der Waals surface area contributed by atoms with E-state index in [1.165, 1.54) is 6.42 Å². The highest BCUT2D eigenvalue weighted by molar-refractivity contribution is 5.55. The second-order valence-electron chi connectivity index (χ2n) is 10.3. The Hall–Kier alpha value is -1.40. The zero-order chi connectivity index (χ0) is 20.9. The van der Waals surface area contributed by atoms with Gasteiger partial charge in [0, 0.05) is 30.7 Å². The average molecular weight is 405 g/mol. The summed E-state index contributed by atoms with van der Waals surface area (Å²) < 4.78 is 20.9. The van der Waals surface area contributed by atoms with Gasteiger partial charge in [-0.15, -0.1) is 0 Å². The van der Waals surface area contributed by atoms with E-state index in [4.69, 9.17) is 10.5 Å². The molecule has 6 heteroatoms. The molecule has 1 saturated heterocycles. The van der Waals surface area contributed by atoms with Crippen molar-refractivity contribution in [3.63, 3.8) is 0 Å². The Morgan fingerprint density at radius 1 is 1.17 bits per heavy atom. The smallest absolute Gasteiger partial charge is 0.167 e. The lowest BCUT2D eigenvalue weighted by molar-refractivity contribution is -0.00565. The molecular weight excluding hydrogens is 367 g/mol. The van der Waals surface area contributed by atoms with Gasteiger partial charge in [0.15, 0.2) is 11.6 Å². The summed E-state index contributed by atoms with van der Waals surface area (Å²) in [6, 6.07) is 1.97. The highest BCUT2D eigenvalue weighted by atomic mass is 19.1. The number of aryl methyl sites for hydroxylation is 1. The Bertz CT molecular complexity index is 745. The Morgan fingerprint density at radius 3 is 2.55 bits per heavy atom. The molecule has 2 saturated carbocycles. The Kier molecular flexibility index (Phi) is 5.53. The molecule has 1 aromatic heterocycles. The summed E-state index contributed by atoms with van der Waals surface area (Å²) >= 11 is 0. The fourth-order valence-corrected chi connectivity index (χ4v) is 6.38. The fourth-order valence-electron chi connectivity index (χ4n) is 6.38. The third kappa shape index (κ3) is 4.24. The van der Waals surface area contributed by atoms with Crippen molar-refractivity contribution < 1.29 is 9.13 Å². The topological polar surface area (TPSA) is 63.4 Å². The van der Waals surface area contributed by atoms with Crippen LogP contribution in [0.15, 0.2) is 6.07 Å². The molecule has 1 aromatic rings. The molecule has 3 N–H and O–H groups in total. The molecule has 0 aromatic carbocycles. The first-order valence-corrected chi connectivity index (χ1v) is 11.3. The number of hydrogen-bond donors (Lipinski definition) is 2. The van der Waals surface area contributed by atoms with Crippen molar-refractivity contribution in [1.29, 1.82) is 0 Å². The number of nitrogens with two attached hydrogens (primary N) is 1. The molecule has 4 rings (SSSR count). The molecule has 0 spiro atoms. The molecule has 3 fully saturated rings.